The maximum atomic E-state index is 13.1. The van der Waals surface area contributed by atoms with Gasteiger partial charge in [-0.15, -0.1) is 0 Å². The van der Waals surface area contributed by atoms with Gasteiger partial charge in [0.2, 0.25) is 11.8 Å². The standard InChI is InChI=1S/C47H41N5O6/c1-29-8-18-42(45(53)50-29)52-46(54)38-17-15-34(26-39(38)47(52)55)56-22-6-4-3-5-7-30-9-13-33(14-10-30)57-35-24-36(25-35)58-44-19-12-32(27-49-44)31-11-16-37-40-28-48-21-20-41(40)51(2)43(37)23-31/h9-17,19-21,23,26-28,35-36,42H,1,3-4,6,8,18,22,24-25H2,2H3,(H,50,53). The van der Waals surface area contributed by atoms with E-state index in [1.54, 1.807) is 18.2 Å². The second-order valence-electron chi connectivity index (χ2n) is 15.0. The van der Waals surface area contributed by atoms with Crippen LogP contribution in [0.4, 0.5) is 0 Å². The van der Waals surface area contributed by atoms with E-state index in [0.717, 1.165) is 69.4 Å². The number of piperidine rings is 1. The Morgan fingerprint density at radius 3 is 2.41 bits per heavy atom. The molecule has 0 radical (unpaired) electrons. The molecule has 0 bridgehead atoms. The molecule has 2 fully saturated rings. The lowest BCUT2D eigenvalue weighted by Gasteiger charge is -2.35. The van der Waals surface area contributed by atoms with Crippen molar-refractivity contribution in [2.45, 2.75) is 63.2 Å². The number of carbonyl (C=O) groups is 3. The Kier molecular flexibility index (Phi) is 9.83. The maximum absolute atomic E-state index is 13.1. The van der Waals surface area contributed by atoms with Crippen LogP contribution in [0.5, 0.6) is 17.4 Å². The molecule has 11 heteroatoms. The molecule has 58 heavy (non-hydrogen) atoms. The van der Waals surface area contributed by atoms with E-state index in [4.69, 9.17) is 14.2 Å². The fourth-order valence-electron chi connectivity index (χ4n) is 7.83. The lowest BCUT2D eigenvalue weighted by atomic mass is 9.92. The number of unbranched alkanes of at least 4 members (excludes halogenated alkanes) is 2. The van der Waals surface area contributed by atoms with Crippen molar-refractivity contribution in [3.05, 3.63) is 126 Å². The second-order valence-corrected chi connectivity index (χ2v) is 15.0. The predicted molar refractivity (Wildman–Crippen MR) is 219 cm³/mol. The van der Waals surface area contributed by atoms with Gasteiger partial charge in [0, 0.05) is 84.1 Å². The van der Waals surface area contributed by atoms with Crippen molar-refractivity contribution < 1.29 is 28.6 Å². The molecular weight excluding hydrogens is 731 g/mol. The van der Waals surface area contributed by atoms with Crippen LogP contribution < -0.4 is 19.5 Å². The molecule has 11 nitrogen and oxygen atoms in total. The van der Waals surface area contributed by atoms with E-state index in [2.05, 4.69) is 69.6 Å². The third-order valence-corrected chi connectivity index (χ3v) is 11.1. The Hall–Kier alpha value is -6.93. The molecule has 1 saturated heterocycles. The molecule has 3 aromatic carbocycles. The van der Waals surface area contributed by atoms with Gasteiger partial charge in [0.1, 0.15) is 29.7 Å². The van der Waals surface area contributed by atoms with E-state index in [1.807, 2.05) is 55.0 Å². The van der Waals surface area contributed by atoms with Crippen molar-refractivity contribution in [3.8, 4) is 40.3 Å². The highest BCUT2D eigenvalue weighted by Gasteiger charge is 2.44. The lowest BCUT2D eigenvalue weighted by Crippen LogP contribution is -2.51. The molecule has 1 unspecified atom stereocenters. The van der Waals surface area contributed by atoms with E-state index in [1.165, 1.54) is 5.39 Å². The predicted octanol–water partition coefficient (Wildman–Crippen LogP) is 7.77. The van der Waals surface area contributed by atoms with Crippen molar-refractivity contribution in [1.29, 1.82) is 0 Å². The summed E-state index contributed by atoms with van der Waals surface area (Å²) in [6, 6.07) is 24.4. The van der Waals surface area contributed by atoms with Crippen molar-refractivity contribution in [1.82, 2.24) is 24.8 Å². The molecule has 1 N–H and O–H groups in total. The zero-order valence-corrected chi connectivity index (χ0v) is 32.1. The molecule has 6 aromatic rings. The van der Waals surface area contributed by atoms with E-state index >= 15 is 0 Å². The number of carbonyl (C=O) groups excluding carboxylic acids is 3. The van der Waals surface area contributed by atoms with Crippen LogP contribution in [0.1, 0.15) is 71.2 Å². The van der Waals surface area contributed by atoms with Crippen LogP contribution in [-0.4, -0.2) is 62.0 Å². The molecule has 0 spiro atoms. The zero-order chi connectivity index (χ0) is 39.8. The van der Waals surface area contributed by atoms with Crippen LogP contribution in [0.2, 0.25) is 0 Å². The molecule has 9 rings (SSSR count). The van der Waals surface area contributed by atoms with Gasteiger partial charge in [-0.25, -0.2) is 4.98 Å². The first-order chi connectivity index (χ1) is 28.3. The summed E-state index contributed by atoms with van der Waals surface area (Å²) in [5.74, 6) is 7.06. The van der Waals surface area contributed by atoms with E-state index < -0.39 is 17.9 Å². The van der Waals surface area contributed by atoms with Crippen molar-refractivity contribution in [2.75, 3.05) is 6.61 Å². The van der Waals surface area contributed by atoms with Crippen LogP contribution in [-0.2, 0) is 11.8 Å². The Morgan fingerprint density at radius 2 is 1.60 bits per heavy atom. The van der Waals surface area contributed by atoms with Gasteiger partial charge in [0.05, 0.1) is 23.3 Å². The fraction of sp³-hybridized carbons (Fsp3) is 0.255. The molecule has 1 aliphatic carbocycles. The smallest absolute Gasteiger partial charge is 0.262 e. The normalized spacial score (nSPS) is 18.7. The van der Waals surface area contributed by atoms with Gasteiger partial charge >= 0.3 is 0 Å². The maximum Gasteiger partial charge on any atom is 0.262 e. The summed E-state index contributed by atoms with van der Waals surface area (Å²) < 4.78 is 20.4. The Morgan fingerprint density at radius 1 is 0.810 bits per heavy atom. The second kappa shape index (κ2) is 15.5. The molecule has 1 atom stereocenters. The SMILES string of the molecule is C=C1CCC(N2C(=O)c3ccc(OCCCCC#Cc4ccc(OC5CC(Oc6ccc(-c7ccc8c9cnccc9n(C)c8c7)cn6)C5)cc4)cc3C2=O)C(=O)N1. The van der Waals surface area contributed by atoms with Crippen molar-refractivity contribution >= 4 is 39.5 Å². The number of imide groups is 1. The number of aryl methyl sites for hydroxylation is 1. The summed E-state index contributed by atoms with van der Waals surface area (Å²) in [6.45, 7) is 4.21. The number of allylic oxidation sites excluding steroid dienone is 1. The van der Waals surface area contributed by atoms with E-state index in [9.17, 15) is 14.4 Å². The summed E-state index contributed by atoms with van der Waals surface area (Å²) in [6.07, 6.45) is 10.6. The van der Waals surface area contributed by atoms with Crippen LogP contribution in [0.3, 0.4) is 0 Å². The number of amides is 3. The number of benzene rings is 3. The van der Waals surface area contributed by atoms with Crippen LogP contribution in [0, 0.1) is 11.8 Å². The van der Waals surface area contributed by atoms with Gasteiger partial charge in [-0.1, -0.05) is 30.6 Å². The van der Waals surface area contributed by atoms with Crippen LogP contribution in [0.25, 0.3) is 32.9 Å². The number of ether oxygens (including phenoxy) is 3. The summed E-state index contributed by atoms with van der Waals surface area (Å²) in [5.41, 5.74) is 6.51. The summed E-state index contributed by atoms with van der Waals surface area (Å²) in [4.78, 5) is 48.5. The Bertz CT molecular complexity index is 2650. The number of nitrogens with one attached hydrogen (secondary N) is 1. The van der Waals surface area contributed by atoms with Crippen molar-refractivity contribution in [2.24, 2.45) is 7.05 Å². The number of fused-ring (bicyclic) bond motifs is 4. The lowest BCUT2D eigenvalue weighted by molar-refractivity contribution is -0.125. The number of hydrogen-bond acceptors (Lipinski definition) is 8. The minimum atomic E-state index is -0.838. The quantitative estimate of drug-likeness (QED) is 0.0806. The zero-order valence-electron chi connectivity index (χ0n) is 32.1. The molecule has 2 aliphatic heterocycles. The minimum Gasteiger partial charge on any atom is -0.494 e. The first kappa shape index (κ1) is 36.7. The number of hydrogen-bond donors (Lipinski definition) is 1. The number of nitrogens with zero attached hydrogens (tertiary/aromatic N) is 4. The molecule has 3 amide bonds. The molecule has 1 saturated carbocycles. The number of rotatable bonds is 11. The van der Waals surface area contributed by atoms with Gasteiger partial charge in [-0.3, -0.25) is 24.3 Å². The Labute approximate surface area is 335 Å². The average molecular weight is 772 g/mol. The van der Waals surface area contributed by atoms with Crippen LogP contribution >= 0.6 is 0 Å². The van der Waals surface area contributed by atoms with Gasteiger partial charge in [-0.2, -0.15) is 0 Å². The van der Waals surface area contributed by atoms with Crippen LogP contribution in [0.15, 0.2) is 110 Å². The first-order valence-electron chi connectivity index (χ1n) is 19.6. The summed E-state index contributed by atoms with van der Waals surface area (Å²) >= 11 is 0. The third-order valence-electron chi connectivity index (χ3n) is 11.1. The third kappa shape index (κ3) is 7.25. The van der Waals surface area contributed by atoms with Gasteiger partial charge in [-0.05, 0) is 91.9 Å². The molecule has 3 aromatic heterocycles. The number of aromatic nitrogens is 3. The highest BCUT2D eigenvalue weighted by Crippen LogP contribution is 2.34. The van der Waals surface area contributed by atoms with Gasteiger partial charge in [0.25, 0.3) is 11.8 Å². The molecule has 3 aliphatic rings. The summed E-state index contributed by atoms with van der Waals surface area (Å²) in [7, 11) is 2.08. The van der Waals surface area contributed by atoms with Gasteiger partial charge in [0.15, 0.2) is 0 Å². The number of pyridine rings is 2. The van der Waals surface area contributed by atoms with E-state index in [-0.39, 0.29) is 29.2 Å². The monoisotopic (exact) mass is 771 g/mol. The highest BCUT2D eigenvalue weighted by molar-refractivity contribution is 6.23. The van der Waals surface area contributed by atoms with E-state index in [0.29, 0.717) is 43.2 Å². The van der Waals surface area contributed by atoms with Gasteiger partial charge < -0.3 is 24.1 Å². The highest BCUT2D eigenvalue weighted by atomic mass is 16.5. The Balaban J connectivity index is 0.683. The van der Waals surface area contributed by atoms with Crippen molar-refractivity contribution in [3.63, 3.8) is 0 Å². The summed E-state index contributed by atoms with van der Waals surface area (Å²) in [5, 5.41) is 4.98. The first-order valence-corrected chi connectivity index (χ1v) is 19.6. The molecule has 5 heterocycles. The average Bonchev–Trinajstić information content (AvgIpc) is 3.65. The fourth-order valence-corrected chi connectivity index (χ4v) is 7.83. The largest absolute Gasteiger partial charge is 0.494 e. The molecular formula is C47H41N5O6. The molecule has 290 valence electrons. The minimum absolute atomic E-state index is 0.0627. The topological polar surface area (TPSA) is 125 Å².